The summed E-state index contributed by atoms with van der Waals surface area (Å²) in [6, 6.07) is 89.5. The van der Waals surface area contributed by atoms with Crippen LogP contribution in [0.3, 0.4) is 0 Å². The van der Waals surface area contributed by atoms with E-state index in [4.69, 9.17) is 0 Å². The lowest BCUT2D eigenvalue weighted by Gasteiger charge is -2.34. The zero-order chi connectivity index (χ0) is 47.9. The van der Waals surface area contributed by atoms with E-state index in [-0.39, 0.29) is 5.41 Å². The zero-order valence-corrected chi connectivity index (χ0v) is 40.4. The van der Waals surface area contributed by atoms with E-state index < -0.39 is 5.41 Å². The van der Waals surface area contributed by atoms with Gasteiger partial charge in [-0.2, -0.15) is 0 Å². The summed E-state index contributed by atoms with van der Waals surface area (Å²) in [7, 11) is 0. The van der Waals surface area contributed by atoms with Gasteiger partial charge in [-0.1, -0.05) is 172 Å². The molecule has 1 aliphatic heterocycles. The largest absolute Gasteiger partial charge is 0.309 e. The van der Waals surface area contributed by atoms with E-state index in [2.05, 4.69) is 264 Å². The topological polar surface area (TPSA) is 14.8 Å². The van der Waals surface area contributed by atoms with Gasteiger partial charge >= 0.3 is 0 Å². The van der Waals surface area contributed by atoms with Crippen LogP contribution in [-0.2, 0) is 10.8 Å². The van der Waals surface area contributed by atoms with Crippen molar-refractivity contribution in [3.63, 3.8) is 0 Å². The van der Waals surface area contributed by atoms with E-state index in [0.29, 0.717) is 0 Å². The Labute approximate surface area is 422 Å². The van der Waals surface area contributed by atoms with Crippen LogP contribution in [0.2, 0.25) is 0 Å². The second-order valence-corrected chi connectivity index (χ2v) is 21.2. The Bertz CT molecular complexity index is 4720. The van der Waals surface area contributed by atoms with Crippen molar-refractivity contribution in [1.29, 1.82) is 0 Å². The van der Waals surface area contributed by atoms with Gasteiger partial charge in [0.25, 0.3) is 0 Å². The molecule has 11 aromatic carbocycles. The van der Waals surface area contributed by atoms with Crippen molar-refractivity contribution < 1.29 is 0 Å². The number of fused-ring (bicyclic) bond motifs is 21. The minimum atomic E-state index is -0.460. The quantitative estimate of drug-likeness (QED) is 0.168. The fraction of sp³-hybridized carbons (Fsp3) is 0.0571. The molecule has 0 radical (unpaired) electrons. The predicted molar refractivity (Wildman–Crippen MR) is 303 cm³/mol. The van der Waals surface area contributed by atoms with Crippen molar-refractivity contribution in [3.8, 4) is 50.4 Å². The number of hydrogen-bond acceptors (Lipinski definition) is 0. The molecule has 340 valence electrons. The van der Waals surface area contributed by atoms with Crippen LogP contribution in [-0.4, -0.2) is 13.7 Å². The SMILES string of the molecule is CC1(C)c2ccccc2-n2c3ccc(-c4ccc5c(c4)c4cc6c(cc4n5-c4ccc5c(c4)c4ccccc4n5-c4ccccc4)C4(c5ccccc5-c5ccccc54)c4ccccc4-6)cc3c3cccc1c32. The van der Waals surface area contributed by atoms with E-state index in [0.717, 1.165) is 11.4 Å². The van der Waals surface area contributed by atoms with Crippen LogP contribution in [0.15, 0.2) is 237 Å². The molecule has 4 heterocycles. The second kappa shape index (κ2) is 13.8. The molecule has 0 atom stereocenters. The monoisotopic (exact) mass is 927 g/mol. The summed E-state index contributed by atoms with van der Waals surface area (Å²) in [6.45, 7) is 4.75. The summed E-state index contributed by atoms with van der Waals surface area (Å²) >= 11 is 0. The molecule has 0 amide bonds. The van der Waals surface area contributed by atoms with E-state index in [9.17, 15) is 0 Å². The van der Waals surface area contributed by atoms with Crippen LogP contribution < -0.4 is 0 Å². The fourth-order valence-corrected chi connectivity index (χ4v) is 14.4. The number of hydrogen-bond donors (Lipinski definition) is 0. The van der Waals surface area contributed by atoms with Crippen molar-refractivity contribution in [1.82, 2.24) is 13.7 Å². The first-order valence-electron chi connectivity index (χ1n) is 25.7. The second-order valence-electron chi connectivity index (χ2n) is 21.2. The fourth-order valence-electron chi connectivity index (χ4n) is 14.4. The van der Waals surface area contributed by atoms with Crippen molar-refractivity contribution in [2.24, 2.45) is 0 Å². The molecule has 1 spiro atoms. The van der Waals surface area contributed by atoms with E-state index in [1.165, 1.54) is 138 Å². The summed E-state index contributed by atoms with van der Waals surface area (Å²) in [5.41, 5.74) is 26.2. The van der Waals surface area contributed by atoms with E-state index in [1.54, 1.807) is 0 Å². The van der Waals surface area contributed by atoms with Gasteiger partial charge in [-0.15, -0.1) is 0 Å². The Morgan fingerprint density at radius 1 is 0.274 bits per heavy atom. The number of para-hydroxylation sites is 4. The molecular weight excluding hydrogens is 883 g/mol. The molecule has 2 aliphatic carbocycles. The maximum Gasteiger partial charge on any atom is 0.0726 e. The number of aromatic nitrogens is 3. The molecule has 73 heavy (non-hydrogen) atoms. The highest BCUT2D eigenvalue weighted by atomic mass is 15.0. The standard InChI is InChI=1S/C70H45N3/c1-69(2)59-27-13-15-30-66(59)73-65-35-32-42(37-52(65)50-23-16-28-60(69)68(50)73)43-31-34-63-53(38-43)55-40-51-48-21-8-12-26-58(48)70(56-24-10-6-19-46(56)47-20-7-11-25-57(47)70)61(51)41-67(55)72(63)45-33-36-64-54(39-45)49-22-9-14-29-62(49)71(64)44-17-4-3-5-18-44/h3-41H,1-2H3. The maximum atomic E-state index is 2.57. The molecule has 3 nitrogen and oxygen atoms in total. The van der Waals surface area contributed by atoms with Gasteiger partial charge in [0.2, 0.25) is 0 Å². The average Bonchev–Trinajstić information content (AvgIpc) is 4.22. The van der Waals surface area contributed by atoms with Gasteiger partial charge in [0, 0.05) is 49.1 Å². The Morgan fingerprint density at radius 2 is 0.767 bits per heavy atom. The molecule has 3 aromatic heterocycles. The highest BCUT2D eigenvalue weighted by molar-refractivity contribution is 6.16. The van der Waals surface area contributed by atoms with Gasteiger partial charge in [-0.25, -0.2) is 0 Å². The number of nitrogens with zero attached hydrogens (tertiary/aromatic N) is 3. The molecule has 0 saturated carbocycles. The van der Waals surface area contributed by atoms with E-state index in [1.807, 2.05) is 0 Å². The Morgan fingerprint density at radius 3 is 1.48 bits per heavy atom. The molecule has 0 N–H and O–H groups in total. The molecule has 17 rings (SSSR count). The third kappa shape index (κ3) is 4.85. The molecule has 3 heteroatoms. The van der Waals surface area contributed by atoms with Gasteiger partial charge in [-0.3, -0.25) is 0 Å². The summed E-state index contributed by atoms with van der Waals surface area (Å²) in [6.07, 6.45) is 0. The lowest BCUT2D eigenvalue weighted by molar-refractivity contribution is 0.630. The lowest BCUT2D eigenvalue weighted by Crippen LogP contribution is -2.26. The summed E-state index contributed by atoms with van der Waals surface area (Å²) in [5.74, 6) is 0. The highest BCUT2D eigenvalue weighted by Gasteiger charge is 2.52. The lowest BCUT2D eigenvalue weighted by atomic mass is 9.70. The van der Waals surface area contributed by atoms with Gasteiger partial charge < -0.3 is 13.7 Å². The van der Waals surface area contributed by atoms with Crippen molar-refractivity contribution in [3.05, 3.63) is 270 Å². The van der Waals surface area contributed by atoms with Crippen LogP contribution in [0, 0.1) is 0 Å². The molecule has 0 bridgehead atoms. The molecule has 0 saturated heterocycles. The zero-order valence-electron chi connectivity index (χ0n) is 40.4. The smallest absolute Gasteiger partial charge is 0.0726 e. The van der Waals surface area contributed by atoms with Crippen LogP contribution in [0.5, 0.6) is 0 Å². The summed E-state index contributed by atoms with van der Waals surface area (Å²) < 4.78 is 7.48. The molecule has 14 aromatic rings. The van der Waals surface area contributed by atoms with Gasteiger partial charge in [0.05, 0.1) is 44.2 Å². The van der Waals surface area contributed by atoms with Crippen LogP contribution in [0.1, 0.15) is 47.2 Å². The molecule has 3 aliphatic rings. The van der Waals surface area contributed by atoms with E-state index >= 15 is 0 Å². The van der Waals surface area contributed by atoms with Gasteiger partial charge in [-0.05, 0) is 146 Å². The van der Waals surface area contributed by atoms with Crippen LogP contribution >= 0.6 is 0 Å². The molecular formula is C70H45N3. The summed E-state index contributed by atoms with van der Waals surface area (Å²) in [5, 5.41) is 7.55. The van der Waals surface area contributed by atoms with Crippen LogP contribution in [0.25, 0.3) is 116 Å². The summed E-state index contributed by atoms with van der Waals surface area (Å²) in [4.78, 5) is 0. The molecule has 0 unspecified atom stereocenters. The Kier molecular flexibility index (Phi) is 7.48. The number of rotatable bonds is 3. The average molecular weight is 928 g/mol. The maximum absolute atomic E-state index is 2.57. The Balaban J connectivity index is 0.950. The van der Waals surface area contributed by atoms with Crippen LogP contribution in [0.4, 0.5) is 0 Å². The first-order chi connectivity index (χ1) is 36.0. The third-order valence-electron chi connectivity index (χ3n) is 17.4. The van der Waals surface area contributed by atoms with Crippen molar-refractivity contribution in [2.75, 3.05) is 0 Å². The number of benzene rings is 11. The molecule has 0 fully saturated rings. The third-order valence-corrected chi connectivity index (χ3v) is 17.4. The highest BCUT2D eigenvalue weighted by Crippen LogP contribution is 2.63. The van der Waals surface area contributed by atoms with Crippen molar-refractivity contribution in [2.45, 2.75) is 24.7 Å². The minimum absolute atomic E-state index is 0.114. The normalized spacial score (nSPS) is 14.4. The Hall–Kier alpha value is -9.18. The minimum Gasteiger partial charge on any atom is -0.309 e. The van der Waals surface area contributed by atoms with Crippen molar-refractivity contribution >= 4 is 65.4 Å². The predicted octanol–water partition coefficient (Wildman–Crippen LogP) is 17.6. The first-order valence-corrected chi connectivity index (χ1v) is 25.7. The van der Waals surface area contributed by atoms with Gasteiger partial charge in [0.1, 0.15) is 0 Å². The van der Waals surface area contributed by atoms with Gasteiger partial charge in [0.15, 0.2) is 0 Å². The first kappa shape index (κ1) is 39.5.